The van der Waals surface area contributed by atoms with E-state index in [1.165, 1.54) is 0 Å². The molecular formula is C14H10Br2N2OS. The number of rotatable bonds is 2. The van der Waals surface area contributed by atoms with Gasteiger partial charge in [-0.25, -0.2) is 0 Å². The number of nitrogen functional groups attached to an aromatic ring is 1. The standard InChI is InChI=1S/C14H10Br2N2OS/c1-7-6-10(20-13(7)16)12-11(14(17)18-19-12)8-4-2-3-5-9(8)15/h2-6H,1H3,(H2,17,18). The average Bonchev–Trinajstić information content (AvgIpc) is 2.94. The van der Waals surface area contributed by atoms with Crippen molar-refractivity contribution in [2.24, 2.45) is 0 Å². The van der Waals surface area contributed by atoms with E-state index in [2.05, 4.69) is 43.1 Å². The fourth-order valence-corrected chi connectivity index (χ4v) is 3.97. The Kier molecular flexibility index (Phi) is 3.70. The zero-order valence-electron chi connectivity index (χ0n) is 10.5. The van der Waals surface area contributed by atoms with Crippen LogP contribution in [0.25, 0.3) is 21.8 Å². The van der Waals surface area contributed by atoms with Gasteiger partial charge in [-0.3, -0.25) is 0 Å². The summed E-state index contributed by atoms with van der Waals surface area (Å²) in [5.74, 6) is 1.10. The van der Waals surface area contributed by atoms with Crippen molar-refractivity contribution in [3.8, 4) is 21.8 Å². The van der Waals surface area contributed by atoms with Gasteiger partial charge in [0.25, 0.3) is 0 Å². The maximum absolute atomic E-state index is 5.99. The van der Waals surface area contributed by atoms with Gasteiger partial charge in [0, 0.05) is 10.0 Å². The number of halogens is 2. The molecule has 0 fully saturated rings. The van der Waals surface area contributed by atoms with Crippen LogP contribution in [0.2, 0.25) is 0 Å². The van der Waals surface area contributed by atoms with Crippen molar-refractivity contribution in [2.45, 2.75) is 6.92 Å². The van der Waals surface area contributed by atoms with Gasteiger partial charge in [0.2, 0.25) is 0 Å². The summed E-state index contributed by atoms with van der Waals surface area (Å²) in [4.78, 5) is 1.00. The van der Waals surface area contributed by atoms with Crippen molar-refractivity contribution in [1.82, 2.24) is 5.16 Å². The maximum atomic E-state index is 5.99. The van der Waals surface area contributed by atoms with E-state index < -0.39 is 0 Å². The molecule has 0 saturated carbocycles. The first-order valence-corrected chi connectivity index (χ1v) is 8.24. The molecule has 0 radical (unpaired) electrons. The molecule has 0 aliphatic rings. The lowest BCUT2D eigenvalue weighted by molar-refractivity contribution is 0.437. The third-order valence-electron chi connectivity index (χ3n) is 2.94. The number of hydrogen-bond acceptors (Lipinski definition) is 4. The highest BCUT2D eigenvalue weighted by atomic mass is 79.9. The van der Waals surface area contributed by atoms with Crippen molar-refractivity contribution in [2.75, 3.05) is 5.73 Å². The second kappa shape index (κ2) is 5.35. The highest BCUT2D eigenvalue weighted by molar-refractivity contribution is 9.11. The first kappa shape index (κ1) is 13.9. The molecule has 0 aliphatic carbocycles. The maximum Gasteiger partial charge on any atom is 0.186 e. The third kappa shape index (κ3) is 2.32. The summed E-state index contributed by atoms with van der Waals surface area (Å²) < 4.78 is 7.50. The van der Waals surface area contributed by atoms with E-state index in [0.29, 0.717) is 11.6 Å². The van der Waals surface area contributed by atoms with Crippen LogP contribution in [0.5, 0.6) is 0 Å². The van der Waals surface area contributed by atoms with Gasteiger partial charge in [0.1, 0.15) is 0 Å². The number of aryl methyl sites for hydroxylation is 1. The molecule has 102 valence electrons. The van der Waals surface area contributed by atoms with Crippen LogP contribution >= 0.6 is 43.2 Å². The molecule has 3 aromatic rings. The van der Waals surface area contributed by atoms with Gasteiger partial charge in [-0.05, 0) is 40.5 Å². The van der Waals surface area contributed by atoms with Crippen molar-refractivity contribution < 1.29 is 4.52 Å². The van der Waals surface area contributed by atoms with Crippen LogP contribution in [0.3, 0.4) is 0 Å². The topological polar surface area (TPSA) is 52.0 Å². The second-order valence-electron chi connectivity index (χ2n) is 4.32. The van der Waals surface area contributed by atoms with Gasteiger partial charge in [-0.1, -0.05) is 39.3 Å². The van der Waals surface area contributed by atoms with E-state index in [9.17, 15) is 0 Å². The van der Waals surface area contributed by atoms with Crippen LogP contribution in [0.1, 0.15) is 5.56 Å². The molecule has 6 heteroatoms. The number of anilines is 1. The molecule has 0 aliphatic heterocycles. The summed E-state index contributed by atoms with van der Waals surface area (Å²) >= 11 is 8.69. The van der Waals surface area contributed by atoms with Crippen LogP contribution in [0.4, 0.5) is 5.82 Å². The highest BCUT2D eigenvalue weighted by Crippen LogP contribution is 2.43. The van der Waals surface area contributed by atoms with Crippen LogP contribution in [-0.2, 0) is 0 Å². The Labute approximate surface area is 137 Å². The Hall–Kier alpha value is -1.11. The average molecular weight is 414 g/mol. The van der Waals surface area contributed by atoms with Crippen LogP contribution in [0.15, 0.2) is 43.1 Å². The molecule has 2 N–H and O–H groups in total. The van der Waals surface area contributed by atoms with E-state index in [4.69, 9.17) is 10.3 Å². The highest BCUT2D eigenvalue weighted by Gasteiger charge is 2.21. The lowest BCUT2D eigenvalue weighted by Crippen LogP contribution is -1.89. The molecule has 0 atom stereocenters. The van der Waals surface area contributed by atoms with E-state index in [1.54, 1.807) is 11.3 Å². The quantitative estimate of drug-likeness (QED) is 0.604. The number of benzene rings is 1. The van der Waals surface area contributed by atoms with Crippen molar-refractivity contribution in [3.63, 3.8) is 0 Å². The molecule has 3 nitrogen and oxygen atoms in total. The summed E-state index contributed by atoms with van der Waals surface area (Å²) in [5, 5.41) is 3.92. The Balaban J connectivity index is 2.23. The fourth-order valence-electron chi connectivity index (χ4n) is 1.97. The zero-order chi connectivity index (χ0) is 14.3. The van der Waals surface area contributed by atoms with E-state index >= 15 is 0 Å². The third-order valence-corrected chi connectivity index (χ3v) is 5.77. The minimum absolute atomic E-state index is 0.397. The number of hydrogen-bond donors (Lipinski definition) is 1. The molecule has 3 rings (SSSR count). The summed E-state index contributed by atoms with van der Waals surface area (Å²) in [7, 11) is 0. The van der Waals surface area contributed by atoms with Gasteiger partial charge in [-0.2, -0.15) is 0 Å². The molecule has 20 heavy (non-hydrogen) atoms. The Morgan fingerprint density at radius 3 is 2.65 bits per heavy atom. The van der Waals surface area contributed by atoms with E-state index in [0.717, 1.165) is 29.8 Å². The zero-order valence-corrected chi connectivity index (χ0v) is 14.5. The first-order chi connectivity index (χ1) is 9.58. The monoisotopic (exact) mass is 412 g/mol. The number of nitrogens with zero attached hydrogens (tertiary/aromatic N) is 1. The molecule has 0 bridgehead atoms. The molecular weight excluding hydrogens is 404 g/mol. The second-order valence-corrected chi connectivity index (χ2v) is 7.54. The van der Waals surface area contributed by atoms with E-state index in [1.807, 2.05) is 31.2 Å². The minimum atomic E-state index is 0.397. The Bertz CT molecular complexity index is 760. The normalized spacial score (nSPS) is 10.9. The number of thiophene rings is 1. The summed E-state index contributed by atoms with van der Waals surface area (Å²) in [6, 6.07) is 9.96. The van der Waals surface area contributed by atoms with Crippen LogP contribution in [-0.4, -0.2) is 5.16 Å². The van der Waals surface area contributed by atoms with Gasteiger partial charge in [0.05, 0.1) is 14.2 Å². The summed E-state index contributed by atoms with van der Waals surface area (Å²) in [6.45, 7) is 2.04. The van der Waals surface area contributed by atoms with Crippen molar-refractivity contribution in [3.05, 3.63) is 44.2 Å². The van der Waals surface area contributed by atoms with Gasteiger partial charge in [0.15, 0.2) is 11.6 Å². The minimum Gasteiger partial charge on any atom is -0.380 e. The molecule has 2 aromatic heterocycles. The largest absolute Gasteiger partial charge is 0.380 e. The molecule has 2 heterocycles. The number of nitrogens with two attached hydrogens (primary N) is 1. The predicted octanol–water partition coefficient (Wildman–Crippen LogP) is 5.49. The molecule has 0 spiro atoms. The molecule has 0 saturated heterocycles. The molecule has 0 unspecified atom stereocenters. The van der Waals surface area contributed by atoms with Gasteiger partial charge >= 0.3 is 0 Å². The van der Waals surface area contributed by atoms with E-state index in [-0.39, 0.29) is 0 Å². The SMILES string of the molecule is Cc1cc(-c2onc(N)c2-c2ccccc2Br)sc1Br. The summed E-state index contributed by atoms with van der Waals surface area (Å²) in [5.41, 5.74) is 8.96. The fraction of sp³-hybridized carbons (Fsp3) is 0.0714. The van der Waals surface area contributed by atoms with Crippen LogP contribution in [0, 0.1) is 6.92 Å². The van der Waals surface area contributed by atoms with Gasteiger partial charge < -0.3 is 10.3 Å². The molecule has 0 amide bonds. The predicted molar refractivity (Wildman–Crippen MR) is 89.8 cm³/mol. The lowest BCUT2D eigenvalue weighted by Gasteiger charge is -2.03. The first-order valence-electron chi connectivity index (χ1n) is 5.84. The Morgan fingerprint density at radius 1 is 1.25 bits per heavy atom. The van der Waals surface area contributed by atoms with Crippen molar-refractivity contribution >= 4 is 49.0 Å². The lowest BCUT2D eigenvalue weighted by atomic mass is 10.1. The van der Waals surface area contributed by atoms with Crippen LogP contribution < -0.4 is 5.73 Å². The number of aromatic nitrogens is 1. The van der Waals surface area contributed by atoms with Gasteiger partial charge in [-0.15, -0.1) is 11.3 Å². The molecule has 1 aromatic carbocycles. The smallest absolute Gasteiger partial charge is 0.186 e. The Morgan fingerprint density at radius 2 is 2.00 bits per heavy atom. The van der Waals surface area contributed by atoms with Crippen molar-refractivity contribution in [1.29, 1.82) is 0 Å². The summed E-state index contributed by atoms with van der Waals surface area (Å²) in [6.07, 6.45) is 0.